The molecule has 1 aliphatic carbocycles. The van der Waals surface area contributed by atoms with Crippen molar-refractivity contribution in [3.63, 3.8) is 0 Å². The summed E-state index contributed by atoms with van der Waals surface area (Å²) in [5.74, 6) is 3.70. The van der Waals surface area contributed by atoms with Gasteiger partial charge in [0.05, 0.1) is 19.9 Å². The molecule has 1 amide bonds. The molecule has 4 aliphatic rings. The number of hydrogen-bond acceptors (Lipinski definition) is 6. The highest BCUT2D eigenvalue weighted by atomic mass is 16.5. The minimum absolute atomic E-state index is 0.256. The fraction of sp³-hybridized carbons (Fsp3) is 0.577. The Bertz CT molecular complexity index is 1020. The molecular formula is C26H34N4O3. The van der Waals surface area contributed by atoms with Crippen LogP contribution in [0.3, 0.4) is 0 Å². The minimum Gasteiger partial charge on any atom is -0.493 e. The molecule has 1 unspecified atom stereocenters. The molecular weight excluding hydrogens is 416 g/mol. The van der Waals surface area contributed by atoms with Crippen molar-refractivity contribution in [1.82, 2.24) is 20.2 Å². The Morgan fingerprint density at radius 3 is 2.61 bits per heavy atom. The smallest absolute Gasteiger partial charge is 0.223 e. The van der Waals surface area contributed by atoms with Crippen molar-refractivity contribution in [2.24, 2.45) is 11.8 Å². The van der Waals surface area contributed by atoms with Crippen LogP contribution in [0, 0.1) is 18.8 Å². The maximum atomic E-state index is 12.3. The Kier molecular flexibility index (Phi) is 6.23. The number of aromatic nitrogens is 2. The van der Waals surface area contributed by atoms with Crippen molar-refractivity contribution in [2.45, 2.75) is 51.0 Å². The van der Waals surface area contributed by atoms with Gasteiger partial charge in [-0.15, -0.1) is 0 Å². The number of fused-ring (bicyclic) bond motifs is 3. The molecule has 2 bridgehead atoms. The average Bonchev–Trinajstić information content (AvgIpc) is 2.81. The van der Waals surface area contributed by atoms with Crippen LogP contribution in [0.1, 0.15) is 49.5 Å². The first-order valence-electron chi connectivity index (χ1n) is 12.2. The van der Waals surface area contributed by atoms with E-state index >= 15 is 0 Å². The van der Waals surface area contributed by atoms with Gasteiger partial charge in [-0.2, -0.15) is 0 Å². The van der Waals surface area contributed by atoms with Crippen LogP contribution in [0.5, 0.6) is 11.5 Å². The van der Waals surface area contributed by atoms with E-state index in [9.17, 15) is 4.79 Å². The zero-order chi connectivity index (χ0) is 22.9. The van der Waals surface area contributed by atoms with E-state index in [1.807, 2.05) is 25.1 Å². The third-order valence-electron chi connectivity index (χ3n) is 7.78. The SMILES string of the molecule is COc1ccc(-c2cc([C@@H]3CN4CC[C@H]3C[C@@H]4CNC(=O)C3CCC3)nc(C)n2)cc1OC. The molecule has 6 rings (SSSR count). The van der Waals surface area contributed by atoms with Gasteiger partial charge in [0.1, 0.15) is 5.82 Å². The van der Waals surface area contributed by atoms with Gasteiger partial charge in [-0.05, 0) is 69.3 Å². The summed E-state index contributed by atoms with van der Waals surface area (Å²) in [5.41, 5.74) is 3.04. The molecule has 4 fully saturated rings. The number of rotatable bonds is 7. The number of benzene rings is 1. The van der Waals surface area contributed by atoms with Crippen LogP contribution in [-0.2, 0) is 4.79 Å². The number of methoxy groups -OCH3 is 2. The Morgan fingerprint density at radius 2 is 1.94 bits per heavy atom. The molecule has 176 valence electrons. The molecule has 1 saturated carbocycles. The van der Waals surface area contributed by atoms with E-state index in [1.165, 1.54) is 12.8 Å². The van der Waals surface area contributed by atoms with Gasteiger partial charge >= 0.3 is 0 Å². The lowest BCUT2D eigenvalue weighted by molar-refractivity contribution is -0.127. The number of ether oxygens (including phenoxy) is 2. The van der Waals surface area contributed by atoms with Crippen LogP contribution in [0.4, 0.5) is 0 Å². The molecule has 7 nitrogen and oxygen atoms in total. The zero-order valence-electron chi connectivity index (χ0n) is 19.8. The Labute approximate surface area is 195 Å². The number of nitrogens with zero attached hydrogens (tertiary/aromatic N) is 3. The highest BCUT2D eigenvalue weighted by Gasteiger charge is 2.41. The van der Waals surface area contributed by atoms with Crippen LogP contribution in [0.2, 0.25) is 0 Å². The number of carbonyl (C=O) groups excluding carboxylic acids is 1. The summed E-state index contributed by atoms with van der Waals surface area (Å²) in [6, 6.07) is 8.50. The lowest BCUT2D eigenvalue weighted by Gasteiger charge is -2.50. The van der Waals surface area contributed by atoms with Crippen molar-refractivity contribution in [1.29, 1.82) is 0 Å². The Balaban J connectivity index is 1.31. The van der Waals surface area contributed by atoms with Crippen molar-refractivity contribution in [3.05, 3.63) is 35.8 Å². The fourth-order valence-corrected chi connectivity index (χ4v) is 5.64. The van der Waals surface area contributed by atoms with E-state index in [1.54, 1.807) is 14.2 Å². The summed E-state index contributed by atoms with van der Waals surface area (Å²) in [4.78, 5) is 24.4. The van der Waals surface area contributed by atoms with Crippen LogP contribution < -0.4 is 14.8 Å². The van der Waals surface area contributed by atoms with E-state index in [4.69, 9.17) is 19.4 Å². The van der Waals surface area contributed by atoms with Crippen LogP contribution in [0.15, 0.2) is 24.3 Å². The molecule has 33 heavy (non-hydrogen) atoms. The quantitative estimate of drug-likeness (QED) is 0.695. The second-order valence-corrected chi connectivity index (χ2v) is 9.71. The summed E-state index contributed by atoms with van der Waals surface area (Å²) in [6.45, 7) is 4.85. The number of hydrogen-bond donors (Lipinski definition) is 1. The van der Waals surface area contributed by atoms with Crippen LogP contribution in [-0.4, -0.2) is 60.7 Å². The standard InChI is InChI=1S/C26H34N4O3/c1-16-28-22(19-7-8-24(32-2)25(12-19)33-3)13-23(29-16)21-15-30-10-9-18(21)11-20(30)14-27-26(31)17-5-4-6-17/h7-8,12-13,17-18,20-21H,4-6,9-11,14-15H2,1-3H3,(H,27,31)/t18-,20+,21+/m0/s1. The second-order valence-electron chi connectivity index (χ2n) is 9.71. The number of carbonyl (C=O) groups is 1. The zero-order valence-corrected chi connectivity index (χ0v) is 19.8. The third kappa shape index (κ3) is 4.43. The monoisotopic (exact) mass is 450 g/mol. The molecule has 2 aromatic rings. The number of aryl methyl sites for hydroxylation is 1. The van der Waals surface area contributed by atoms with Crippen LogP contribution >= 0.6 is 0 Å². The first-order chi connectivity index (χ1) is 16.1. The first kappa shape index (κ1) is 22.1. The third-order valence-corrected chi connectivity index (χ3v) is 7.78. The minimum atomic E-state index is 0.256. The van der Waals surface area contributed by atoms with E-state index in [0.717, 1.165) is 61.7 Å². The number of piperidine rings is 3. The largest absolute Gasteiger partial charge is 0.493 e. The second kappa shape index (κ2) is 9.29. The highest BCUT2D eigenvalue weighted by Crippen LogP contribution is 2.42. The van der Waals surface area contributed by atoms with Gasteiger partial charge in [-0.1, -0.05) is 6.42 Å². The number of nitrogens with one attached hydrogen (secondary N) is 1. The Hall–Kier alpha value is -2.67. The lowest BCUT2D eigenvalue weighted by atomic mass is 9.74. The van der Waals surface area contributed by atoms with Gasteiger partial charge in [0.2, 0.25) is 5.91 Å². The highest BCUT2D eigenvalue weighted by molar-refractivity contribution is 5.79. The van der Waals surface area contributed by atoms with Crippen molar-refractivity contribution < 1.29 is 14.3 Å². The van der Waals surface area contributed by atoms with Gasteiger partial charge in [-0.3, -0.25) is 9.69 Å². The van der Waals surface area contributed by atoms with Crippen molar-refractivity contribution >= 4 is 5.91 Å². The van der Waals surface area contributed by atoms with E-state index in [0.29, 0.717) is 29.4 Å². The molecule has 1 N–H and O–H groups in total. The molecule has 7 heteroatoms. The van der Waals surface area contributed by atoms with Crippen molar-refractivity contribution in [3.8, 4) is 22.8 Å². The normalized spacial score (nSPS) is 26.5. The van der Waals surface area contributed by atoms with Gasteiger partial charge in [0, 0.05) is 42.2 Å². The first-order valence-corrected chi connectivity index (χ1v) is 12.2. The fourth-order valence-electron chi connectivity index (χ4n) is 5.64. The molecule has 3 aliphatic heterocycles. The van der Waals surface area contributed by atoms with Gasteiger partial charge in [-0.25, -0.2) is 9.97 Å². The molecule has 4 heterocycles. The molecule has 0 radical (unpaired) electrons. The molecule has 1 aromatic carbocycles. The number of amides is 1. The van der Waals surface area contributed by atoms with E-state index < -0.39 is 0 Å². The summed E-state index contributed by atoms with van der Waals surface area (Å²) in [5, 5.41) is 3.23. The van der Waals surface area contributed by atoms with Gasteiger partial charge in [0.25, 0.3) is 0 Å². The molecule has 1 aromatic heterocycles. The molecule has 3 saturated heterocycles. The Morgan fingerprint density at radius 1 is 1.12 bits per heavy atom. The molecule has 4 atom stereocenters. The van der Waals surface area contributed by atoms with Gasteiger partial charge < -0.3 is 14.8 Å². The predicted molar refractivity (Wildman–Crippen MR) is 126 cm³/mol. The van der Waals surface area contributed by atoms with E-state index in [2.05, 4.69) is 16.3 Å². The summed E-state index contributed by atoms with van der Waals surface area (Å²) in [7, 11) is 3.29. The summed E-state index contributed by atoms with van der Waals surface area (Å²) < 4.78 is 10.9. The topological polar surface area (TPSA) is 76.6 Å². The average molecular weight is 451 g/mol. The van der Waals surface area contributed by atoms with Crippen molar-refractivity contribution in [2.75, 3.05) is 33.9 Å². The van der Waals surface area contributed by atoms with Gasteiger partial charge in [0.15, 0.2) is 11.5 Å². The lowest BCUT2D eigenvalue weighted by Crippen LogP contribution is -2.56. The summed E-state index contributed by atoms with van der Waals surface area (Å²) >= 11 is 0. The van der Waals surface area contributed by atoms with Crippen LogP contribution in [0.25, 0.3) is 11.3 Å². The maximum Gasteiger partial charge on any atom is 0.223 e. The van der Waals surface area contributed by atoms with E-state index in [-0.39, 0.29) is 11.8 Å². The summed E-state index contributed by atoms with van der Waals surface area (Å²) in [6.07, 6.45) is 5.61. The molecule has 0 spiro atoms. The maximum absolute atomic E-state index is 12.3. The predicted octanol–water partition coefficient (Wildman–Crippen LogP) is 3.56.